The summed E-state index contributed by atoms with van der Waals surface area (Å²) in [7, 11) is 0. The van der Waals surface area contributed by atoms with E-state index in [1.54, 1.807) is 0 Å². The maximum Gasteiger partial charge on any atom is 0.265 e. The lowest BCUT2D eigenvalue weighted by Crippen LogP contribution is -2.33. The molecule has 0 saturated heterocycles. The fourth-order valence-corrected chi connectivity index (χ4v) is 2.81. The van der Waals surface area contributed by atoms with Crippen LogP contribution in [-0.4, -0.2) is 12.0 Å². The van der Waals surface area contributed by atoms with E-state index in [0.717, 1.165) is 34.5 Å². The van der Waals surface area contributed by atoms with Crippen LogP contribution in [0.5, 0.6) is 5.75 Å². The van der Waals surface area contributed by atoms with Gasteiger partial charge < -0.3 is 10.1 Å². The Morgan fingerprint density at radius 3 is 2.46 bits per heavy atom. The normalized spacial score (nSPS) is 11.9. The Balaban J connectivity index is 2.18. The van der Waals surface area contributed by atoms with Crippen LogP contribution < -0.4 is 10.1 Å². The van der Waals surface area contributed by atoms with Crippen molar-refractivity contribution in [2.24, 2.45) is 0 Å². The molecule has 0 aliphatic carbocycles. The highest BCUT2D eigenvalue weighted by molar-refractivity contribution is 5.95. The highest BCUT2D eigenvalue weighted by atomic mass is 16.5. The van der Waals surface area contributed by atoms with Gasteiger partial charge in [0.15, 0.2) is 6.10 Å². The highest BCUT2D eigenvalue weighted by Crippen LogP contribution is 2.24. The molecule has 128 valence electrons. The monoisotopic (exact) mass is 325 g/mol. The standard InChI is InChI=1S/C21H27NO2/c1-6-17-10-8-9-15(4)20(17)22-21(23)18(7-2)24-19-12-11-14(3)13-16(19)5/h8-13,18H,6-7H2,1-5H3,(H,22,23)/t18-/m1/s1. The number of aryl methyl sites for hydroxylation is 4. The molecule has 0 heterocycles. The quantitative estimate of drug-likeness (QED) is 0.814. The molecule has 0 spiro atoms. The summed E-state index contributed by atoms with van der Waals surface area (Å²) in [4.78, 5) is 12.7. The molecule has 24 heavy (non-hydrogen) atoms. The number of nitrogens with one attached hydrogen (secondary N) is 1. The summed E-state index contributed by atoms with van der Waals surface area (Å²) in [5, 5.41) is 3.07. The maximum absolute atomic E-state index is 12.7. The third-order valence-corrected chi connectivity index (χ3v) is 4.25. The molecule has 0 aliphatic heterocycles. The maximum atomic E-state index is 12.7. The number of hydrogen-bond donors (Lipinski definition) is 1. The average Bonchev–Trinajstić information content (AvgIpc) is 2.56. The molecule has 1 amide bonds. The van der Waals surface area contributed by atoms with Crippen molar-refractivity contribution in [3.05, 3.63) is 58.7 Å². The van der Waals surface area contributed by atoms with E-state index < -0.39 is 6.10 Å². The third kappa shape index (κ3) is 4.16. The van der Waals surface area contributed by atoms with Gasteiger partial charge in [0.05, 0.1) is 0 Å². The van der Waals surface area contributed by atoms with E-state index in [-0.39, 0.29) is 5.91 Å². The Labute approximate surface area is 145 Å². The number of ether oxygens (including phenoxy) is 1. The average molecular weight is 325 g/mol. The molecule has 3 nitrogen and oxygen atoms in total. The summed E-state index contributed by atoms with van der Waals surface area (Å²) in [6, 6.07) is 12.1. The summed E-state index contributed by atoms with van der Waals surface area (Å²) >= 11 is 0. The lowest BCUT2D eigenvalue weighted by molar-refractivity contribution is -0.122. The van der Waals surface area contributed by atoms with Crippen molar-refractivity contribution >= 4 is 11.6 Å². The van der Waals surface area contributed by atoms with Gasteiger partial charge in [-0.1, -0.05) is 49.7 Å². The van der Waals surface area contributed by atoms with Gasteiger partial charge in [-0.3, -0.25) is 4.79 Å². The number of amides is 1. The van der Waals surface area contributed by atoms with E-state index in [2.05, 4.69) is 24.4 Å². The lowest BCUT2D eigenvalue weighted by atomic mass is 10.1. The second kappa shape index (κ2) is 8.00. The molecule has 3 heteroatoms. The Hall–Kier alpha value is -2.29. The number of anilines is 1. The lowest BCUT2D eigenvalue weighted by Gasteiger charge is -2.20. The van der Waals surface area contributed by atoms with Crippen molar-refractivity contribution in [2.75, 3.05) is 5.32 Å². The number of rotatable bonds is 6. The predicted molar refractivity (Wildman–Crippen MR) is 99.8 cm³/mol. The van der Waals surface area contributed by atoms with Crippen LogP contribution in [0.1, 0.15) is 42.5 Å². The number of hydrogen-bond acceptors (Lipinski definition) is 2. The number of carbonyl (C=O) groups is 1. The molecule has 2 rings (SSSR count). The number of para-hydroxylation sites is 1. The van der Waals surface area contributed by atoms with Gasteiger partial charge in [-0.15, -0.1) is 0 Å². The van der Waals surface area contributed by atoms with E-state index >= 15 is 0 Å². The first-order chi connectivity index (χ1) is 11.5. The van der Waals surface area contributed by atoms with Crippen molar-refractivity contribution in [3.63, 3.8) is 0 Å². The summed E-state index contributed by atoms with van der Waals surface area (Å²) in [5.41, 5.74) is 5.36. The van der Waals surface area contributed by atoms with Crippen molar-refractivity contribution in [1.82, 2.24) is 0 Å². The fourth-order valence-electron chi connectivity index (χ4n) is 2.81. The van der Waals surface area contributed by atoms with Gasteiger partial charge in [0.25, 0.3) is 5.91 Å². The van der Waals surface area contributed by atoms with E-state index in [4.69, 9.17) is 4.74 Å². The van der Waals surface area contributed by atoms with E-state index in [1.165, 1.54) is 5.56 Å². The summed E-state index contributed by atoms with van der Waals surface area (Å²) in [5.74, 6) is 0.671. The van der Waals surface area contributed by atoms with Crippen LogP contribution >= 0.6 is 0 Å². The summed E-state index contributed by atoms with van der Waals surface area (Å²) in [6.45, 7) is 10.1. The van der Waals surface area contributed by atoms with Gasteiger partial charge in [0.2, 0.25) is 0 Å². The van der Waals surface area contributed by atoms with Crippen molar-refractivity contribution in [1.29, 1.82) is 0 Å². The molecule has 2 aromatic carbocycles. The van der Waals surface area contributed by atoms with E-state index in [9.17, 15) is 4.79 Å². The van der Waals surface area contributed by atoms with E-state index in [0.29, 0.717) is 6.42 Å². The molecule has 0 fully saturated rings. The molecule has 1 atom stereocenters. The minimum absolute atomic E-state index is 0.0959. The molecule has 0 saturated carbocycles. The molecule has 0 radical (unpaired) electrons. The smallest absolute Gasteiger partial charge is 0.265 e. The van der Waals surface area contributed by atoms with Crippen LogP contribution in [0.4, 0.5) is 5.69 Å². The molecule has 0 aliphatic rings. The zero-order chi connectivity index (χ0) is 17.7. The van der Waals surface area contributed by atoms with Crippen LogP contribution in [0.25, 0.3) is 0 Å². The van der Waals surface area contributed by atoms with Gasteiger partial charge in [-0.05, 0) is 56.4 Å². The Bertz CT molecular complexity index is 722. The molecule has 1 N–H and O–H groups in total. The predicted octanol–water partition coefficient (Wildman–Crippen LogP) is 4.97. The van der Waals surface area contributed by atoms with Gasteiger partial charge in [0, 0.05) is 5.69 Å². The minimum atomic E-state index is -0.504. The molecular weight excluding hydrogens is 298 g/mol. The van der Waals surface area contributed by atoms with Crippen molar-refractivity contribution < 1.29 is 9.53 Å². The summed E-state index contributed by atoms with van der Waals surface area (Å²) in [6.07, 6.45) is 0.995. The molecule has 2 aromatic rings. The minimum Gasteiger partial charge on any atom is -0.480 e. The number of carbonyl (C=O) groups excluding carboxylic acids is 1. The van der Waals surface area contributed by atoms with Crippen LogP contribution in [0.15, 0.2) is 36.4 Å². The van der Waals surface area contributed by atoms with Crippen LogP contribution in [0.3, 0.4) is 0 Å². The van der Waals surface area contributed by atoms with Gasteiger partial charge in [-0.25, -0.2) is 0 Å². The second-order valence-corrected chi connectivity index (χ2v) is 6.24. The van der Waals surface area contributed by atoms with Gasteiger partial charge in [-0.2, -0.15) is 0 Å². The van der Waals surface area contributed by atoms with E-state index in [1.807, 2.05) is 52.0 Å². The summed E-state index contributed by atoms with van der Waals surface area (Å²) < 4.78 is 5.98. The second-order valence-electron chi connectivity index (χ2n) is 6.24. The Morgan fingerprint density at radius 1 is 1.08 bits per heavy atom. The zero-order valence-electron chi connectivity index (χ0n) is 15.3. The Kier molecular flexibility index (Phi) is 6.02. The number of benzene rings is 2. The van der Waals surface area contributed by atoms with Gasteiger partial charge in [0.1, 0.15) is 5.75 Å². The zero-order valence-corrected chi connectivity index (χ0v) is 15.3. The third-order valence-electron chi connectivity index (χ3n) is 4.25. The molecule has 0 unspecified atom stereocenters. The van der Waals surface area contributed by atoms with Crippen molar-refractivity contribution in [2.45, 2.75) is 53.6 Å². The molecule has 0 aromatic heterocycles. The van der Waals surface area contributed by atoms with Crippen LogP contribution in [0.2, 0.25) is 0 Å². The molecular formula is C21H27NO2. The topological polar surface area (TPSA) is 38.3 Å². The SMILES string of the molecule is CCc1cccc(C)c1NC(=O)[C@@H](CC)Oc1ccc(C)cc1C. The van der Waals surface area contributed by atoms with Crippen LogP contribution in [-0.2, 0) is 11.2 Å². The first-order valence-corrected chi connectivity index (χ1v) is 8.59. The van der Waals surface area contributed by atoms with Crippen molar-refractivity contribution in [3.8, 4) is 5.75 Å². The Morgan fingerprint density at radius 2 is 1.83 bits per heavy atom. The van der Waals surface area contributed by atoms with Gasteiger partial charge >= 0.3 is 0 Å². The highest BCUT2D eigenvalue weighted by Gasteiger charge is 2.20. The molecule has 0 bridgehead atoms. The fraction of sp³-hybridized carbons (Fsp3) is 0.381. The largest absolute Gasteiger partial charge is 0.480 e. The van der Waals surface area contributed by atoms with Crippen LogP contribution in [0, 0.1) is 20.8 Å². The first kappa shape index (κ1) is 18.1. The first-order valence-electron chi connectivity index (χ1n) is 8.59.